The van der Waals surface area contributed by atoms with Crippen molar-refractivity contribution in [3.05, 3.63) is 40.3 Å². The summed E-state index contributed by atoms with van der Waals surface area (Å²) < 4.78 is 1.83. The molecule has 2 rings (SSSR count). The SMILES string of the molecule is CCC(CC)NCCn1c(=O)c(C)nc2ccccc21. The smallest absolute Gasteiger partial charge is 0.272 e. The summed E-state index contributed by atoms with van der Waals surface area (Å²) in [5, 5.41) is 3.50. The van der Waals surface area contributed by atoms with Crippen LogP contribution in [0.5, 0.6) is 0 Å². The van der Waals surface area contributed by atoms with Gasteiger partial charge in [0.05, 0.1) is 11.0 Å². The van der Waals surface area contributed by atoms with E-state index in [1.54, 1.807) is 6.92 Å². The van der Waals surface area contributed by atoms with Crippen LogP contribution in [0.15, 0.2) is 29.1 Å². The number of benzene rings is 1. The number of fused-ring (bicyclic) bond motifs is 1. The fraction of sp³-hybridized carbons (Fsp3) is 0.500. The maximum absolute atomic E-state index is 12.3. The zero-order valence-corrected chi connectivity index (χ0v) is 12.5. The van der Waals surface area contributed by atoms with Gasteiger partial charge in [0.15, 0.2) is 0 Å². The Labute approximate surface area is 119 Å². The van der Waals surface area contributed by atoms with Crippen LogP contribution in [-0.4, -0.2) is 22.1 Å². The molecule has 0 aliphatic carbocycles. The Morgan fingerprint density at radius 1 is 1.25 bits per heavy atom. The lowest BCUT2D eigenvalue weighted by atomic mass is 10.2. The van der Waals surface area contributed by atoms with E-state index in [0.717, 1.165) is 30.4 Å². The quantitative estimate of drug-likeness (QED) is 0.879. The van der Waals surface area contributed by atoms with E-state index >= 15 is 0 Å². The zero-order chi connectivity index (χ0) is 14.5. The van der Waals surface area contributed by atoms with E-state index in [0.29, 0.717) is 18.3 Å². The highest BCUT2D eigenvalue weighted by Gasteiger charge is 2.08. The minimum Gasteiger partial charge on any atom is -0.312 e. The lowest BCUT2D eigenvalue weighted by Crippen LogP contribution is -2.34. The maximum Gasteiger partial charge on any atom is 0.272 e. The van der Waals surface area contributed by atoms with Crippen molar-refractivity contribution in [2.24, 2.45) is 0 Å². The summed E-state index contributed by atoms with van der Waals surface area (Å²) in [4.78, 5) is 16.6. The van der Waals surface area contributed by atoms with E-state index < -0.39 is 0 Å². The zero-order valence-electron chi connectivity index (χ0n) is 12.5. The molecule has 2 aromatic rings. The van der Waals surface area contributed by atoms with Gasteiger partial charge < -0.3 is 9.88 Å². The summed E-state index contributed by atoms with van der Waals surface area (Å²) >= 11 is 0. The lowest BCUT2D eigenvalue weighted by molar-refractivity contribution is 0.465. The summed E-state index contributed by atoms with van der Waals surface area (Å²) in [6.45, 7) is 7.62. The van der Waals surface area contributed by atoms with Crippen molar-refractivity contribution in [3.63, 3.8) is 0 Å². The van der Waals surface area contributed by atoms with Crippen molar-refractivity contribution in [2.75, 3.05) is 6.54 Å². The molecule has 0 unspecified atom stereocenters. The first-order valence-electron chi connectivity index (χ1n) is 7.37. The Hall–Kier alpha value is -1.68. The van der Waals surface area contributed by atoms with Gasteiger partial charge in [0.1, 0.15) is 5.69 Å². The molecule has 0 aliphatic rings. The largest absolute Gasteiger partial charge is 0.312 e. The molecule has 1 aromatic carbocycles. The molecule has 0 aliphatic heterocycles. The molecule has 0 amide bonds. The van der Waals surface area contributed by atoms with Gasteiger partial charge in [-0.25, -0.2) is 4.98 Å². The van der Waals surface area contributed by atoms with E-state index in [2.05, 4.69) is 24.1 Å². The molecule has 0 radical (unpaired) electrons. The molecular formula is C16H23N3O. The molecule has 0 saturated heterocycles. The van der Waals surface area contributed by atoms with Gasteiger partial charge in [0, 0.05) is 19.1 Å². The van der Waals surface area contributed by atoms with E-state index in [1.807, 2.05) is 28.8 Å². The van der Waals surface area contributed by atoms with Crippen LogP contribution in [0.1, 0.15) is 32.4 Å². The molecule has 0 bridgehead atoms. The predicted molar refractivity (Wildman–Crippen MR) is 83.1 cm³/mol. The summed E-state index contributed by atoms with van der Waals surface area (Å²) in [5.74, 6) is 0. The molecule has 108 valence electrons. The van der Waals surface area contributed by atoms with Crippen LogP contribution in [0.3, 0.4) is 0 Å². The van der Waals surface area contributed by atoms with Crippen LogP contribution in [0.4, 0.5) is 0 Å². The second-order valence-corrected chi connectivity index (χ2v) is 5.11. The van der Waals surface area contributed by atoms with Crippen LogP contribution in [0.2, 0.25) is 0 Å². The van der Waals surface area contributed by atoms with Crippen molar-refractivity contribution >= 4 is 11.0 Å². The minimum atomic E-state index is 0.00930. The first-order valence-corrected chi connectivity index (χ1v) is 7.37. The van der Waals surface area contributed by atoms with Crippen LogP contribution in [0.25, 0.3) is 11.0 Å². The highest BCUT2D eigenvalue weighted by Crippen LogP contribution is 2.09. The summed E-state index contributed by atoms with van der Waals surface area (Å²) in [5.41, 5.74) is 2.36. The topological polar surface area (TPSA) is 46.9 Å². The van der Waals surface area contributed by atoms with Gasteiger partial charge in [-0.1, -0.05) is 26.0 Å². The molecule has 4 nitrogen and oxygen atoms in total. The van der Waals surface area contributed by atoms with E-state index in [9.17, 15) is 4.79 Å². The van der Waals surface area contributed by atoms with Crippen LogP contribution in [0, 0.1) is 6.92 Å². The van der Waals surface area contributed by atoms with Gasteiger partial charge in [0.25, 0.3) is 5.56 Å². The van der Waals surface area contributed by atoms with Crippen molar-refractivity contribution in [2.45, 2.75) is 46.2 Å². The Morgan fingerprint density at radius 2 is 1.95 bits per heavy atom. The Bertz CT molecular complexity index is 629. The van der Waals surface area contributed by atoms with Gasteiger partial charge in [-0.2, -0.15) is 0 Å². The number of nitrogens with zero attached hydrogens (tertiary/aromatic N) is 2. The third-order valence-electron chi connectivity index (χ3n) is 3.77. The number of aromatic nitrogens is 2. The summed E-state index contributed by atoms with van der Waals surface area (Å²) in [6.07, 6.45) is 2.23. The van der Waals surface area contributed by atoms with Gasteiger partial charge in [-0.15, -0.1) is 0 Å². The van der Waals surface area contributed by atoms with E-state index in [1.165, 1.54) is 0 Å². The number of hydrogen-bond donors (Lipinski definition) is 1. The van der Waals surface area contributed by atoms with Gasteiger partial charge in [0.2, 0.25) is 0 Å². The first-order chi connectivity index (χ1) is 9.67. The fourth-order valence-electron chi connectivity index (χ4n) is 2.50. The second kappa shape index (κ2) is 6.66. The molecular weight excluding hydrogens is 250 g/mol. The molecule has 1 heterocycles. The van der Waals surface area contributed by atoms with Gasteiger partial charge in [-0.3, -0.25) is 4.79 Å². The normalized spacial score (nSPS) is 11.4. The highest BCUT2D eigenvalue weighted by molar-refractivity contribution is 5.74. The van der Waals surface area contributed by atoms with Crippen LogP contribution >= 0.6 is 0 Å². The van der Waals surface area contributed by atoms with Crippen molar-refractivity contribution < 1.29 is 0 Å². The molecule has 0 saturated carbocycles. The average molecular weight is 273 g/mol. The monoisotopic (exact) mass is 273 g/mol. The maximum atomic E-state index is 12.3. The minimum absolute atomic E-state index is 0.00930. The van der Waals surface area contributed by atoms with Gasteiger partial charge >= 0.3 is 0 Å². The molecule has 1 N–H and O–H groups in total. The van der Waals surface area contributed by atoms with Crippen molar-refractivity contribution in [3.8, 4) is 0 Å². The molecule has 4 heteroatoms. The lowest BCUT2D eigenvalue weighted by Gasteiger charge is -2.16. The van der Waals surface area contributed by atoms with E-state index in [4.69, 9.17) is 0 Å². The Morgan fingerprint density at radius 3 is 2.65 bits per heavy atom. The molecule has 1 aromatic heterocycles. The van der Waals surface area contributed by atoms with Crippen LogP contribution < -0.4 is 10.9 Å². The number of hydrogen-bond acceptors (Lipinski definition) is 3. The predicted octanol–water partition coefficient (Wildman–Crippen LogP) is 2.48. The number of nitrogens with one attached hydrogen (secondary N) is 1. The Balaban J connectivity index is 2.25. The molecule has 0 atom stereocenters. The Kier molecular flexibility index (Phi) is 4.90. The third-order valence-corrected chi connectivity index (χ3v) is 3.77. The average Bonchev–Trinajstić information content (AvgIpc) is 2.47. The van der Waals surface area contributed by atoms with Crippen molar-refractivity contribution in [1.29, 1.82) is 0 Å². The number of aryl methyl sites for hydroxylation is 1. The molecule has 0 spiro atoms. The third kappa shape index (κ3) is 3.07. The summed E-state index contributed by atoms with van der Waals surface area (Å²) in [7, 11) is 0. The molecule has 20 heavy (non-hydrogen) atoms. The first kappa shape index (κ1) is 14.7. The standard InChI is InChI=1S/C16H23N3O/c1-4-13(5-2)17-10-11-19-15-9-7-6-8-14(15)18-12(3)16(19)20/h6-9,13,17H,4-5,10-11H2,1-3H3. The molecule has 0 fully saturated rings. The van der Waals surface area contributed by atoms with Crippen molar-refractivity contribution in [1.82, 2.24) is 14.9 Å². The summed E-state index contributed by atoms with van der Waals surface area (Å²) in [6, 6.07) is 8.34. The number of rotatable bonds is 6. The highest BCUT2D eigenvalue weighted by atomic mass is 16.1. The fourth-order valence-corrected chi connectivity index (χ4v) is 2.50. The number of para-hydroxylation sites is 2. The van der Waals surface area contributed by atoms with Crippen LogP contribution in [-0.2, 0) is 6.54 Å². The second-order valence-electron chi connectivity index (χ2n) is 5.11. The van der Waals surface area contributed by atoms with Gasteiger partial charge in [-0.05, 0) is 31.9 Å². The van der Waals surface area contributed by atoms with E-state index in [-0.39, 0.29) is 5.56 Å².